The lowest BCUT2D eigenvalue weighted by Gasteiger charge is -2.40. The van der Waals surface area contributed by atoms with Crippen molar-refractivity contribution < 1.29 is 18.8 Å². The summed E-state index contributed by atoms with van der Waals surface area (Å²) in [5, 5.41) is 2.46. The van der Waals surface area contributed by atoms with Gasteiger partial charge in [-0.3, -0.25) is 14.4 Å². The minimum Gasteiger partial charge on any atom is -0.368 e. The summed E-state index contributed by atoms with van der Waals surface area (Å²) in [4.78, 5) is 36.9. The summed E-state index contributed by atoms with van der Waals surface area (Å²) in [5.41, 5.74) is 5.34. The lowest BCUT2D eigenvalue weighted by Crippen LogP contribution is -2.49. The van der Waals surface area contributed by atoms with Gasteiger partial charge < -0.3 is 16.0 Å². The Kier molecular flexibility index (Phi) is 5.31. The van der Waals surface area contributed by atoms with Crippen molar-refractivity contribution in [2.24, 2.45) is 11.7 Å². The molecule has 0 saturated carbocycles. The summed E-state index contributed by atoms with van der Waals surface area (Å²) >= 11 is 0. The smallest absolute Gasteiger partial charge is 0.236 e. The average Bonchev–Trinajstić information content (AvgIpc) is 2.52. The Balaban J connectivity index is 2.35. The molecule has 2 atom stereocenters. The zero-order valence-corrected chi connectivity index (χ0v) is 12.9. The number of halogens is 1. The molecule has 23 heavy (non-hydrogen) atoms. The summed E-state index contributed by atoms with van der Waals surface area (Å²) in [6.45, 7) is 1.88. The maximum atomic E-state index is 14.2. The predicted molar refractivity (Wildman–Crippen MR) is 81.5 cm³/mol. The van der Waals surface area contributed by atoms with Crippen molar-refractivity contribution in [3.8, 4) is 0 Å². The molecule has 2 rings (SSSR count). The van der Waals surface area contributed by atoms with Crippen molar-refractivity contribution in [3.63, 3.8) is 0 Å². The number of nitrogens with two attached hydrogens (primary N) is 1. The molecule has 0 aliphatic carbocycles. The van der Waals surface area contributed by atoms with Crippen LogP contribution in [-0.4, -0.2) is 35.7 Å². The van der Waals surface area contributed by atoms with E-state index in [0.717, 1.165) is 0 Å². The van der Waals surface area contributed by atoms with Gasteiger partial charge >= 0.3 is 0 Å². The van der Waals surface area contributed by atoms with Crippen molar-refractivity contribution in [2.45, 2.75) is 25.8 Å². The van der Waals surface area contributed by atoms with Gasteiger partial charge in [-0.15, -0.1) is 0 Å². The Morgan fingerprint density at radius 1 is 1.39 bits per heavy atom. The van der Waals surface area contributed by atoms with Crippen LogP contribution >= 0.6 is 0 Å². The number of amides is 3. The third-order valence-corrected chi connectivity index (χ3v) is 4.04. The molecule has 1 saturated heterocycles. The number of nitrogens with zero attached hydrogens (tertiary/aromatic N) is 1. The second-order valence-electron chi connectivity index (χ2n) is 5.48. The number of carbonyl (C=O) groups excluding carboxylic acids is 3. The van der Waals surface area contributed by atoms with E-state index < -0.39 is 29.6 Å². The van der Waals surface area contributed by atoms with Crippen LogP contribution in [0, 0.1) is 11.7 Å². The van der Waals surface area contributed by atoms with E-state index >= 15 is 0 Å². The number of primary amides is 1. The van der Waals surface area contributed by atoms with Gasteiger partial charge in [-0.2, -0.15) is 0 Å². The number of rotatable bonds is 5. The topological polar surface area (TPSA) is 92.5 Å². The molecule has 3 amide bonds. The summed E-state index contributed by atoms with van der Waals surface area (Å²) in [7, 11) is 0. The largest absolute Gasteiger partial charge is 0.368 e. The fourth-order valence-electron chi connectivity index (χ4n) is 3.01. The van der Waals surface area contributed by atoms with E-state index in [1.165, 1.54) is 11.0 Å². The summed E-state index contributed by atoms with van der Waals surface area (Å²) in [6.07, 6.45) is 0.520. The highest BCUT2D eigenvalue weighted by Crippen LogP contribution is 2.37. The SMILES string of the molecule is CCN1C(=O)CC[C@@H](C(=O)NCC(N)=O)[C@@H]1c1ccccc1F. The maximum Gasteiger partial charge on any atom is 0.236 e. The third-order valence-electron chi connectivity index (χ3n) is 4.04. The van der Waals surface area contributed by atoms with Crippen molar-refractivity contribution in [2.75, 3.05) is 13.1 Å². The second-order valence-corrected chi connectivity index (χ2v) is 5.48. The van der Waals surface area contributed by atoms with Crippen LogP contribution in [0.3, 0.4) is 0 Å². The zero-order chi connectivity index (χ0) is 17.0. The highest BCUT2D eigenvalue weighted by Gasteiger charge is 2.40. The molecule has 0 aromatic heterocycles. The molecule has 124 valence electrons. The molecule has 6 nitrogen and oxygen atoms in total. The molecule has 1 aromatic rings. The minimum atomic E-state index is -0.685. The first-order valence-electron chi connectivity index (χ1n) is 7.55. The Hall–Kier alpha value is -2.44. The molecule has 0 unspecified atom stereocenters. The van der Waals surface area contributed by atoms with Crippen molar-refractivity contribution >= 4 is 17.7 Å². The molecule has 0 bridgehead atoms. The highest BCUT2D eigenvalue weighted by molar-refractivity contribution is 5.88. The van der Waals surface area contributed by atoms with E-state index in [1.54, 1.807) is 25.1 Å². The van der Waals surface area contributed by atoms with Crippen molar-refractivity contribution in [1.82, 2.24) is 10.2 Å². The number of likely N-dealkylation sites (tertiary alicyclic amines) is 1. The molecular formula is C16H20FN3O3. The van der Waals surface area contributed by atoms with Crippen LogP contribution in [0.1, 0.15) is 31.4 Å². The van der Waals surface area contributed by atoms with E-state index in [9.17, 15) is 18.8 Å². The van der Waals surface area contributed by atoms with Crippen LogP contribution in [0.25, 0.3) is 0 Å². The molecule has 1 aromatic carbocycles. The molecule has 1 heterocycles. The lowest BCUT2D eigenvalue weighted by molar-refractivity contribution is -0.143. The second kappa shape index (κ2) is 7.21. The van der Waals surface area contributed by atoms with Gasteiger partial charge in [-0.25, -0.2) is 4.39 Å². The van der Waals surface area contributed by atoms with Gasteiger partial charge in [-0.05, 0) is 19.4 Å². The Labute approximate surface area is 133 Å². The quantitative estimate of drug-likeness (QED) is 0.837. The fourth-order valence-corrected chi connectivity index (χ4v) is 3.01. The number of piperidine rings is 1. The molecule has 1 aliphatic heterocycles. The Morgan fingerprint density at radius 3 is 2.70 bits per heavy atom. The zero-order valence-electron chi connectivity index (χ0n) is 12.9. The maximum absolute atomic E-state index is 14.2. The van der Waals surface area contributed by atoms with Crippen LogP contribution < -0.4 is 11.1 Å². The van der Waals surface area contributed by atoms with Crippen LogP contribution in [0.15, 0.2) is 24.3 Å². The first-order valence-corrected chi connectivity index (χ1v) is 7.55. The van der Waals surface area contributed by atoms with Gasteiger partial charge in [0.1, 0.15) is 5.82 Å². The number of hydrogen-bond acceptors (Lipinski definition) is 3. The van der Waals surface area contributed by atoms with E-state index in [2.05, 4.69) is 5.32 Å². The molecule has 0 radical (unpaired) electrons. The van der Waals surface area contributed by atoms with E-state index in [1.807, 2.05) is 0 Å². The molecule has 0 spiro atoms. The summed E-state index contributed by atoms with van der Waals surface area (Å²) in [5.74, 6) is -2.25. The van der Waals surface area contributed by atoms with Crippen LogP contribution in [0.2, 0.25) is 0 Å². The van der Waals surface area contributed by atoms with Crippen molar-refractivity contribution in [1.29, 1.82) is 0 Å². The van der Waals surface area contributed by atoms with Crippen LogP contribution in [0.4, 0.5) is 4.39 Å². The Bertz CT molecular complexity index is 620. The number of nitrogens with one attached hydrogen (secondary N) is 1. The first kappa shape index (κ1) is 16.9. The standard InChI is InChI=1S/C16H20FN3O3/c1-2-20-14(22)8-7-11(16(23)19-9-13(18)21)15(20)10-5-3-4-6-12(10)17/h3-6,11,15H,2,7-9H2,1H3,(H2,18,21)(H,19,23)/t11-,15+/m1/s1. The molecule has 3 N–H and O–H groups in total. The van der Waals surface area contributed by atoms with Crippen LogP contribution in [0.5, 0.6) is 0 Å². The monoisotopic (exact) mass is 321 g/mol. The molecular weight excluding hydrogens is 301 g/mol. The normalized spacial score (nSPS) is 21.1. The molecule has 7 heteroatoms. The predicted octanol–water partition coefficient (Wildman–Crippen LogP) is 0.727. The van der Waals surface area contributed by atoms with E-state index in [0.29, 0.717) is 18.5 Å². The average molecular weight is 321 g/mol. The molecule has 1 fully saturated rings. The van der Waals surface area contributed by atoms with Gasteiger partial charge in [-0.1, -0.05) is 18.2 Å². The summed E-state index contributed by atoms with van der Waals surface area (Å²) in [6, 6.07) is 5.43. The Morgan fingerprint density at radius 2 is 2.09 bits per heavy atom. The van der Waals surface area contributed by atoms with Gasteiger partial charge in [0.25, 0.3) is 0 Å². The summed E-state index contributed by atoms with van der Waals surface area (Å²) < 4.78 is 14.2. The first-order chi connectivity index (χ1) is 11.0. The van der Waals surface area contributed by atoms with E-state index in [4.69, 9.17) is 5.73 Å². The number of hydrogen-bond donors (Lipinski definition) is 2. The number of carbonyl (C=O) groups is 3. The van der Waals surface area contributed by atoms with Gasteiger partial charge in [0.2, 0.25) is 17.7 Å². The molecule has 1 aliphatic rings. The third kappa shape index (κ3) is 3.67. The number of benzene rings is 1. The fraction of sp³-hybridized carbons (Fsp3) is 0.438. The van der Waals surface area contributed by atoms with Gasteiger partial charge in [0.05, 0.1) is 18.5 Å². The van der Waals surface area contributed by atoms with Gasteiger partial charge in [0, 0.05) is 18.5 Å². The van der Waals surface area contributed by atoms with Gasteiger partial charge in [0.15, 0.2) is 0 Å². The van der Waals surface area contributed by atoms with Crippen LogP contribution in [-0.2, 0) is 14.4 Å². The minimum absolute atomic E-state index is 0.111. The van der Waals surface area contributed by atoms with Crippen molar-refractivity contribution in [3.05, 3.63) is 35.6 Å². The lowest BCUT2D eigenvalue weighted by atomic mass is 9.83. The van der Waals surface area contributed by atoms with E-state index in [-0.39, 0.29) is 18.9 Å². The highest BCUT2D eigenvalue weighted by atomic mass is 19.1.